The van der Waals surface area contributed by atoms with E-state index in [1.807, 2.05) is 6.07 Å². The van der Waals surface area contributed by atoms with Crippen LogP contribution in [0.2, 0.25) is 0 Å². The Hall–Kier alpha value is -1.06. The third-order valence-electron chi connectivity index (χ3n) is 6.85. The lowest BCUT2D eigenvalue weighted by Gasteiger charge is -2.48. The summed E-state index contributed by atoms with van der Waals surface area (Å²) in [7, 11) is 0. The van der Waals surface area contributed by atoms with E-state index in [1.165, 1.54) is 31.2 Å². The van der Waals surface area contributed by atoms with Crippen molar-refractivity contribution in [2.45, 2.75) is 69.9 Å². The Morgan fingerprint density at radius 3 is 2.28 bits per heavy atom. The van der Waals surface area contributed by atoms with Gasteiger partial charge in [0.25, 0.3) is 0 Å². The first-order chi connectivity index (χ1) is 11.7. The molecule has 2 bridgehead atoms. The molecule has 0 aromatic heterocycles. The van der Waals surface area contributed by atoms with Crippen LogP contribution in [0.4, 0.5) is 0 Å². The van der Waals surface area contributed by atoms with Crippen molar-refractivity contribution in [2.75, 3.05) is 0 Å². The average Bonchev–Trinajstić information content (AvgIpc) is 2.52. The quantitative estimate of drug-likeness (QED) is 0.854. The van der Waals surface area contributed by atoms with E-state index in [4.69, 9.17) is 5.73 Å². The summed E-state index contributed by atoms with van der Waals surface area (Å²) in [4.78, 5) is 13.2. The lowest BCUT2D eigenvalue weighted by molar-refractivity contribution is -0.138. The molecule has 2 atom stereocenters. The molecule has 1 aromatic carbocycles. The average molecular weight is 363 g/mol. The van der Waals surface area contributed by atoms with Gasteiger partial charge in [-0.25, -0.2) is 0 Å². The molecule has 3 saturated carbocycles. The molecule has 0 saturated heterocycles. The molecular weight excluding hydrogens is 332 g/mol. The molecule has 4 heteroatoms. The lowest BCUT2D eigenvalue weighted by atomic mass is 9.63. The summed E-state index contributed by atoms with van der Waals surface area (Å²) in [6.45, 7) is 0. The molecule has 1 aromatic rings. The van der Waals surface area contributed by atoms with Gasteiger partial charge in [-0.3, -0.25) is 4.79 Å². The van der Waals surface area contributed by atoms with Gasteiger partial charge in [0.05, 0.1) is 5.41 Å². The van der Waals surface area contributed by atoms with Crippen molar-refractivity contribution in [2.24, 2.45) is 23.0 Å². The van der Waals surface area contributed by atoms with Gasteiger partial charge in [-0.1, -0.05) is 43.2 Å². The van der Waals surface area contributed by atoms with E-state index in [1.54, 1.807) is 0 Å². The number of rotatable bonds is 4. The van der Waals surface area contributed by atoms with Crippen LogP contribution in [0.5, 0.6) is 0 Å². The molecule has 3 nitrogen and oxygen atoms in total. The molecule has 3 fully saturated rings. The summed E-state index contributed by atoms with van der Waals surface area (Å²) in [5, 5.41) is 3.51. The highest BCUT2D eigenvalue weighted by Crippen LogP contribution is 2.45. The molecule has 4 rings (SSSR count). The molecule has 2 unspecified atom stereocenters. The number of nitrogens with two attached hydrogens (primary N) is 1. The predicted octanol–water partition coefficient (Wildman–Crippen LogP) is 3.84. The zero-order chi connectivity index (χ0) is 16.6. The number of hydrogen-bond acceptors (Lipinski definition) is 2. The van der Waals surface area contributed by atoms with E-state index >= 15 is 0 Å². The van der Waals surface area contributed by atoms with Crippen molar-refractivity contribution >= 4 is 18.3 Å². The normalized spacial score (nSPS) is 32.8. The minimum atomic E-state index is -0.158. The summed E-state index contributed by atoms with van der Waals surface area (Å²) in [5.74, 6) is 1.52. The maximum Gasteiger partial charge on any atom is 0.226 e. The SMILES string of the molecule is Cl.NC1CC2CCCC(C1)C2NC(=O)C1(Cc2ccccc2)CCC1. The van der Waals surface area contributed by atoms with E-state index in [9.17, 15) is 4.79 Å². The van der Waals surface area contributed by atoms with E-state index in [-0.39, 0.29) is 17.8 Å². The first-order valence-electron chi connectivity index (χ1n) is 9.77. The minimum Gasteiger partial charge on any atom is -0.352 e. The van der Waals surface area contributed by atoms with Gasteiger partial charge in [-0.05, 0) is 62.3 Å². The number of nitrogens with one attached hydrogen (secondary N) is 1. The minimum absolute atomic E-state index is 0. The topological polar surface area (TPSA) is 55.1 Å². The van der Waals surface area contributed by atoms with E-state index in [0.29, 0.717) is 29.8 Å². The fourth-order valence-electron chi connectivity index (χ4n) is 5.40. The molecule has 1 amide bonds. The van der Waals surface area contributed by atoms with Crippen LogP contribution in [0, 0.1) is 17.3 Å². The van der Waals surface area contributed by atoms with Crippen LogP contribution in [0.15, 0.2) is 30.3 Å². The third-order valence-corrected chi connectivity index (χ3v) is 6.85. The Labute approximate surface area is 157 Å². The number of carbonyl (C=O) groups is 1. The van der Waals surface area contributed by atoms with Gasteiger partial charge in [0.2, 0.25) is 5.91 Å². The molecule has 0 heterocycles. The van der Waals surface area contributed by atoms with Gasteiger partial charge in [0.15, 0.2) is 0 Å². The summed E-state index contributed by atoms with van der Waals surface area (Å²) in [6.07, 6.45) is 10.1. The number of benzene rings is 1. The summed E-state index contributed by atoms with van der Waals surface area (Å²) in [5.41, 5.74) is 7.36. The van der Waals surface area contributed by atoms with E-state index < -0.39 is 0 Å². The lowest BCUT2D eigenvalue weighted by Crippen LogP contribution is -2.58. The van der Waals surface area contributed by atoms with Crippen molar-refractivity contribution in [3.05, 3.63) is 35.9 Å². The summed E-state index contributed by atoms with van der Waals surface area (Å²) in [6, 6.07) is 11.2. The standard InChI is InChI=1S/C21H30N2O.ClH/c22-18-12-16-8-4-9-17(13-18)19(16)23-20(24)21(10-5-11-21)14-15-6-2-1-3-7-15;/h1-3,6-7,16-19H,4-5,8-14,22H2,(H,23,24);1H. The Morgan fingerprint density at radius 1 is 1.08 bits per heavy atom. The molecule has 3 aliphatic rings. The largest absolute Gasteiger partial charge is 0.352 e. The molecular formula is C21H31ClN2O. The Morgan fingerprint density at radius 2 is 1.72 bits per heavy atom. The fraction of sp³-hybridized carbons (Fsp3) is 0.667. The van der Waals surface area contributed by atoms with Crippen LogP contribution in [-0.2, 0) is 11.2 Å². The zero-order valence-corrected chi connectivity index (χ0v) is 15.8. The van der Waals surface area contributed by atoms with Gasteiger partial charge < -0.3 is 11.1 Å². The van der Waals surface area contributed by atoms with Crippen molar-refractivity contribution < 1.29 is 4.79 Å². The van der Waals surface area contributed by atoms with Gasteiger partial charge in [-0.15, -0.1) is 12.4 Å². The Balaban J connectivity index is 0.00000182. The second-order valence-corrected chi connectivity index (χ2v) is 8.48. The first kappa shape index (κ1) is 18.7. The van der Waals surface area contributed by atoms with Crippen LogP contribution in [0.1, 0.15) is 56.9 Å². The maximum atomic E-state index is 13.2. The molecule has 0 spiro atoms. The monoisotopic (exact) mass is 362 g/mol. The zero-order valence-electron chi connectivity index (χ0n) is 15.0. The van der Waals surface area contributed by atoms with Crippen molar-refractivity contribution in [1.82, 2.24) is 5.32 Å². The third kappa shape index (κ3) is 3.73. The van der Waals surface area contributed by atoms with Gasteiger partial charge >= 0.3 is 0 Å². The van der Waals surface area contributed by atoms with Crippen LogP contribution >= 0.6 is 12.4 Å². The van der Waals surface area contributed by atoms with E-state index in [0.717, 1.165) is 32.1 Å². The number of halogens is 1. The molecule has 3 aliphatic carbocycles. The van der Waals surface area contributed by atoms with Crippen molar-refractivity contribution in [3.63, 3.8) is 0 Å². The molecule has 138 valence electrons. The van der Waals surface area contributed by atoms with Crippen molar-refractivity contribution in [1.29, 1.82) is 0 Å². The summed E-state index contributed by atoms with van der Waals surface area (Å²) >= 11 is 0. The van der Waals surface area contributed by atoms with E-state index in [2.05, 4.69) is 29.6 Å². The highest BCUT2D eigenvalue weighted by molar-refractivity contribution is 5.85. The molecule has 25 heavy (non-hydrogen) atoms. The molecule has 3 N–H and O–H groups in total. The maximum absolute atomic E-state index is 13.2. The number of hydrogen-bond donors (Lipinski definition) is 2. The molecule has 0 aliphatic heterocycles. The number of amides is 1. The summed E-state index contributed by atoms with van der Waals surface area (Å²) < 4.78 is 0. The highest BCUT2D eigenvalue weighted by Gasteiger charge is 2.47. The smallest absolute Gasteiger partial charge is 0.226 e. The van der Waals surface area contributed by atoms with Gasteiger partial charge in [0, 0.05) is 12.1 Å². The van der Waals surface area contributed by atoms with Crippen LogP contribution in [0.3, 0.4) is 0 Å². The van der Waals surface area contributed by atoms with Crippen LogP contribution < -0.4 is 11.1 Å². The van der Waals surface area contributed by atoms with Crippen LogP contribution in [0.25, 0.3) is 0 Å². The van der Waals surface area contributed by atoms with Crippen molar-refractivity contribution in [3.8, 4) is 0 Å². The Kier molecular flexibility index (Phi) is 5.75. The second-order valence-electron chi connectivity index (χ2n) is 8.48. The second kappa shape index (κ2) is 7.67. The highest BCUT2D eigenvalue weighted by atomic mass is 35.5. The Bertz CT molecular complexity index is 573. The van der Waals surface area contributed by atoms with Crippen LogP contribution in [-0.4, -0.2) is 18.0 Å². The van der Waals surface area contributed by atoms with Gasteiger partial charge in [0.1, 0.15) is 0 Å². The molecule has 0 radical (unpaired) electrons. The van der Waals surface area contributed by atoms with Gasteiger partial charge in [-0.2, -0.15) is 0 Å². The first-order valence-corrected chi connectivity index (χ1v) is 9.77. The fourth-order valence-corrected chi connectivity index (χ4v) is 5.40. The number of fused-ring (bicyclic) bond motifs is 2. The number of carbonyl (C=O) groups excluding carboxylic acids is 1. The predicted molar refractivity (Wildman–Crippen MR) is 104 cm³/mol.